The van der Waals surface area contributed by atoms with Gasteiger partial charge < -0.3 is 5.11 Å². The molecule has 0 amide bonds. The number of nitrogens with zero attached hydrogens (tertiary/aromatic N) is 1. The minimum atomic E-state index is -3.42. The summed E-state index contributed by atoms with van der Waals surface area (Å²) in [5.74, 6) is -0.733. The van der Waals surface area contributed by atoms with Gasteiger partial charge in [-0.25, -0.2) is 8.42 Å². The van der Waals surface area contributed by atoms with E-state index < -0.39 is 21.2 Å². The van der Waals surface area contributed by atoms with Crippen LogP contribution in [0.3, 0.4) is 0 Å². The zero-order chi connectivity index (χ0) is 8.77. The monoisotopic (exact) mass is 188 g/mol. The molecule has 2 unspecified atom stereocenters. The second-order valence-corrected chi connectivity index (χ2v) is 5.19. The van der Waals surface area contributed by atoms with E-state index in [1.165, 1.54) is 0 Å². The maximum atomic E-state index is 11.2. The molecule has 0 radical (unpaired) electrons. The maximum Gasteiger partial charge on any atom is 0.255 e. The SMILES string of the molecule is O=S1(=O)N=C([O-])C2CCCCC21. The molecule has 0 aromatic heterocycles. The third-order valence-corrected chi connectivity index (χ3v) is 4.38. The van der Waals surface area contributed by atoms with Gasteiger partial charge in [-0.2, -0.15) is 4.40 Å². The highest BCUT2D eigenvalue weighted by Gasteiger charge is 2.40. The number of fused-ring (bicyclic) bond motifs is 1. The fraction of sp³-hybridized carbons (Fsp3) is 0.857. The fourth-order valence-electron chi connectivity index (χ4n) is 2.00. The number of hydrogen-bond acceptors (Lipinski definition) is 3. The molecule has 0 bridgehead atoms. The van der Waals surface area contributed by atoms with E-state index in [1.807, 2.05) is 0 Å². The molecule has 1 aliphatic heterocycles. The Morgan fingerprint density at radius 2 is 2.00 bits per heavy atom. The van der Waals surface area contributed by atoms with Crippen molar-refractivity contribution in [1.29, 1.82) is 0 Å². The van der Waals surface area contributed by atoms with E-state index in [0.29, 0.717) is 12.8 Å². The fourth-order valence-corrected chi connectivity index (χ4v) is 3.65. The van der Waals surface area contributed by atoms with E-state index in [4.69, 9.17) is 0 Å². The summed E-state index contributed by atoms with van der Waals surface area (Å²) >= 11 is 0. The van der Waals surface area contributed by atoms with Crippen molar-refractivity contribution in [3.63, 3.8) is 0 Å². The van der Waals surface area contributed by atoms with Gasteiger partial charge in [0.05, 0.1) is 5.25 Å². The quantitative estimate of drug-likeness (QED) is 0.521. The maximum absolute atomic E-state index is 11.2. The molecule has 2 aliphatic rings. The number of rotatable bonds is 0. The summed E-state index contributed by atoms with van der Waals surface area (Å²) in [6, 6.07) is 0. The molecule has 12 heavy (non-hydrogen) atoms. The van der Waals surface area contributed by atoms with Crippen molar-refractivity contribution in [2.24, 2.45) is 10.3 Å². The van der Waals surface area contributed by atoms with Crippen LogP contribution >= 0.6 is 0 Å². The molecule has 1 saturated carbocycles. The lowest BCUT2D eigenvalue weighted by atomic mass is 9.89. The minimum absolute atomic E-state index is 0.316. The molecular formula is C7H10NO3S-. The molecule has 68 valence electrons. The Bertz CT molecular complexity index is 320. The Morgan fingerprint density at radius 1 is 1.33 bits per heavy atom. The number of hydrogen-bond donors (Lipinski definition) is 0. The first-order valence-electron chi connectivity index (χ1n) is 4.12. The normalized spacial score (nSPS) is 38.8. The number of sulfonamides is 1. The Balaban J connectivity index is 2.37. The van der Waals surface area contributed by atoms with E-state index in [-0.39, 0.29) is 5.92 Å². The Morgan fingerprint density at radius 3 is 2.67 bits per heavy atom. The van der Waals surface area contributed by atoms with Crippen LogP contribution in [0, 0.1) is 5.92 Å². The van der Waals surface area contributed by atoms with Crippen LogP contribution in [-0.2, 0) is 10.0 Å². The van der Waals surface area contributed by atoms with Gasteiger partial charge in [0.2, 0.25) is 0 Å². The van der Waals surface area contributed by atoms with Crippen molar-refractivity contribution in [3.8, 4) is 0 Å². The smallest absolute Gasteiger partial charge is 0.255 e. The Kier molecular flexibility index (Phi) is 1.64. The second-order valence-electron chi connectivity index (χ2n) is 3.37. The zero-order valence-corrected chi connectivity index (χ0v) is 7.38. The Hall–Kier alpha value is -0.580. The standard InChI is InChI=1S/C7H11NO3S/c9-7-5-3-1-2-4-6(5)12(10,11)8-7/h5-6H,1-4H2,(H,8,9)/p-1. The summed E-state index contributed by atoms with van der Waals surface area (Å²) in [7, 11) is -3.42. The van der Waals surface area contributed by atoms with E-state index in [9.17, 15) is 13.5 Å². The average Bonchev–Trinajstić information content (AvgIpc) is 2.25. The molecule has 0 saturated heterocycles. The van der Waals surface area contributed by atoms with Gasteiger partial charge in [-0.3, -0.25) is 0 Å². The van der Waals surface area contributed by atoms with Crippen LogP contribution < -0.4 is 5.11 Å². The molecule has 1 fully saturated rings. The molecule has 2 atom stereocenters. The zero-order valence-electron chi connectivity index (χ0n) is 6.56. The first kappa shape index (κ1) is 8.04. The third kappa shape index (κ3) is 1.03. The summed E-state index contributed by atoms with van der Waals surface area (Å²) < 4.78 is 25.6. The molecule has 0 aromatic rings. The van der Waals surface area contributed by atoms with E-state index >= 15 is 0 Å². The minimum Gasteiger partial charge on any atom is -0.861 e. The van der Waals surface area contributed by atoms with Crippen LogP contribution in [0.25, 0.3) is 0 Å². The van der Waals surface area contributed by atoms with Crippen LogP contribution in [0.15, 0.2) is 4.40 Å². The lowest BCUT2D eigenvalue weighted by Crippen LogP contribution is -2.34. The summed E-state index contributed by atoms with van der Waals surface area (Å²) in [5, 5.41) is 10.6. The van der Waals surface area contributed by atoms with Gasteiger partial charge in [0.15, 0.2) is 0 Å². The van der Waals surface area contributed by atoms with Crippen molar-refractivity contribution in [3.05, 3.63) is 0 Å². The summed E-state index contributed by atoms with van der Waals surface area (Å²) in [5.41, 5.74) is 0. The molecule has 4 nitrogen and oxygen atoms in total. The van der Waals surface area contributed by atoms with Gasteiger partial charge in [0.1, 0.15) is 0 Å². The second kappa shape index (κ2) is 2.45. The van der Waals surface area contributed by atoms with Crippen molar-refractivity contribution in [2.75, 3.05) is 0 Å². The van der Waals surface area contributed by atoms with Gasteiger partial charge in [0.25, 0.3) is 10.0 Å². The van der Waals surface area contributed by atoms with Crippen molar-refractivity contribution in [2.45, 2.75) is 30.9 Å². The third-order valence-electron chi connectivity index (χ3n) is 2.62. The molecular weight excluding hydrogens is 178 g/mol. The van der Waals surface area contributed by atoms with Gasteiger partial charge in [-0.05, 0) is 18.7 Å². The van der Waals surface area contributed by atoms with Crippen molar-refractivity contribution >= 4 is 15.9 Å². The lowest BCUT2D eigenvalue weighted by Gasteiger charge is -2.26. The average molecular weight is 188 g/mol. The molecule has 2 rings (SSSR count). The highest BCUT2D eigenvalue weighted by atomic mass is 32.2. The van der Waals surface area contributed by atoms with Crippen LogP contribution in [-0.4, -0.2) is 19.6 Å². The molecule has 1 heterocycles. The van der Waals surface area contributed by atoms with Gasteiger partial charge in [-0.15, -0.1) is 0 Å². The largest absolute Gasteiger partial charge is 0.861 e. The van der Waals surface area contributed by atoms with Gasteiger partial charge in [0, 0.05) is 5.92 Å². The lowest BCUT2D eigenvalue weighted by molar-refractivity contribution is -0.223. The van der Waals surface area contributed by atoms with E-state index in [1.54, 1.807) is 0 Å². The van der Waals surface area contributed by atoms with Gasteiger partial charge in [-0.1, -0.05) is 12.8 Å². The van der Waals surface area contributed by atoms with Gasteiger partial charge >= 0.3 is 0 Å². The van der Waals surface area contributed by atoms with E-state index in [0.717, 1.165) is 12.8 Å². The highest BCUT2D eigenvalue weighted by Crippen LogP contribution is 2.34. The predicted molar refractivity (Wildman–Crippen MR) is 42.1 cm³/mol. The molecule has 1 aliphatic carbocycles. The summed E-state index contributed by atoms with van der Waals surface area (Å²) in [6.07, 6.45) is 3.18. The first-order valence-corrected chi connectivity index (χ1v) is 5.62. The highest BCUT2D eigenvalue weighted by molar-refractivity contribution is 7.91. The Labute approximate surface area is 71.4 Å². The van der Waals surface area contributed by atoms with E-state index in [2.05, 4.69) is 4.40 Å². The summed E-state index contributed by atoms with van der Waals surface area (Å²) in [4.78, 5) is 0. The topological polar surface area (TPSA) is 69.6 Å². The molecule has 0 spiro atoms. The molecule has 5 heteroatoms. The van der Waals surface area contributed by atoms with Crippen LogP contribution in [0.4, 0.5) is 0 Å². The van der Waals surface area contributed by atoms with Crippen molar-refractivity contribution in [1.82, 2.24) is 0 Å². The molecule has 0 aromatic carbocycles. The predicted octanol–water partition coefficient (Wildman–Crippen LogP) is -0.353. The van der Waals surface area contributed by atoms with Crippen LogP contribution in [0.1, 0.15) is 25.7 Å². The summed E-state index contributed by atoms with van der Waals surface area (Å²) in [6.45, 7) is 0. The van der Waals surface area contributed by atoms with Crippen LogP contribution in [0.2, 0.25) is 0 Å². The first-order chi connectivity index (χ1) is 5.61. The van der Waals surface area contributed by atoms with Crippen molar-refractivity contribution < 1.29 is 13.5 Å². The molecule has 0 N–H and O–H groups in total. The van der Waals surface area contributed by atoms with Crippen LogP contribution in [0.5, 0.6) is 0 Å².